The van der Waals surface area contributed by atoms with Gasteiger partial charge in [-0.15, -0.1) is 11.3 Å². The van der Waals surface area contributed by atoms with Crippen molar-refractivity contribution in [3.05, 3.63) is 29.3 Å². The number of thiazole rings is 1. The highest BCUT2D eigenvalue weighted by Crippen LogP contribution is 2.23. The van der Waals surface area contributed by atoms with Crippen LogP contribution in [0.1, 0.15) is 24.8 Å². The van der Waals surface area contributed by atoms with Crippen molar-refractivity contribution in [2.75, 3.05) is 18.1 Å². The van der Waals surface area contributed by atoms with Crippen LogP contribution in [-0.4, -0.2) is 44.1 Å². The molecule has 6 heteroatoms. The molecule has 2 atom stereocenters. The molecule has 1 aliphatic rings. The van der Waals surface area contributed by atoms with E-state index in [1.165, 1.54) is 4.70 Å². The fraction of sp³-hybridized carbons (Fsp3) is 0.500. The Labute approximate surface area is 137 Å². The lowest BCUT2D eigenvalue weighted by Gasteiger charge is -2.33. The van der Waals surface area contributed by atoms with Gasteiger partial charge in [-0.05, 0) is 31.9 Å². The van der Waals surface area contributed by atoms with Crippen LogP contribution in [0.2, 0.25) is 0 Å². The van der Waals surface area contributed by atoms with E-state index >= 15 is 0 Å². The van der Waals surface area contributed by atoms with Crippen LogP contribution in [0.25, 0.3) is 10.2 Å². The molecule has 4 nitrogen and oxygen atoms in total. The Morgan fingerprint density at radius 3 is 3.05 bits per heavy atom. The van der Waals surface area contributed by atoms with Crippen molar-refractivity contribution < 1.29 is 9.00 Å². The molecule has 0 bridgehead atoms. The first-order valence-corrected chi connectivity index (χ1v) is 9.93. The van der Waals surface area contributed by atoms with Crippen molar-refractivity contribution in [1.29, 1.82) is 0 Å². The van der Waals surface area contributed by atoms with Gasteiger partial charge >= 0.3 is 0 Å². The number of carbonyl (C=O) groups is 1. The molecule has 1 aliphatic heterocycles. The molecular formula is C16H20N2O2S2. The number of amides is 1. The summed E-state index contributed by atoms with van der Waals surface area (Å²) in [5.74, 6) is 1.42. The van der Waals surface area contributed by atoms with Gasteiger partial charge in [0.25, 0.3) is 0 Å². The van der Waals surface area contributed by atoms with Gasteiger partial charge in [-0.1, -0.05) is 12.1 Å². The number of carbonyl (C=O) groups excluding carboxylic acids is 1. The maximum Gasteiger partial charge on any atom is 0.222 e. The smallest absolute Gasteiger partial charge is 0.222 e. The molecule has 1 aromatic heterocycles. The maximum absolute atomic E-state index is 12.3. The van der Waals surface area contributed by atoms with Crippen molar-refractivity contribution >= 4 is 38.3 Å². The Kier molecular flexibility index (Phi) is 4.88. The van der Waals surface area contributed by atoms with E-state index in [4.69, 9.17) is 0 Å². The Hall–Kier alpha value is -1.27. The second kappa shape index (κ2) is 6.87. The molecule has 118 valence electrons. The zero-order valence-electron chi connectivity index (χ0n) is 12.7. The third-order valence-electron chi connectivity index (χ3n) is 3.96. The van der Waals surface area contributed by atoms with Crippen LogP contribution >= 0.6 is 11.3 Å². The predicted molar refractivity (Wildman–Crippen MR) is 91.6 cm³/mol. The summed E-state index contributed by atoms with van der Waals surface area (Å²) < 4.78 is 12.7. The molecule has 0 spiro atoms. The molecule has 1 saturated heterocycles. The molecule has 2 heterocycles. The Bertz CT molecular complexity index is 665. The number of benzene rings is 1. The molecule has 1 amide bonds. The monoisotopic (exact) mass is 336 g/mol. The van der Waals surface area contributed by atoms with Gasteiger partial charge in [-0.3, -0.25) is 9.00 Å². The second-order valence-corrected chi connectivity index (χ2v) is 8.41. The number of aromatic nitrogens is 1. The number of rotatable bonds is 4. The van der Waals surface area contributed by atoms with Crippen LogP contribution in [0, 0.1) is 0 Å². The molecule has 1 fully saturated rings. The number of hydrogen-bond donors (Lipinski definition) is 0. The lowest BCUT2D eigenvalue weighted by molar-refractivity contribution is -0.132. The first-order chi connectivity index (χ1) is 10.6. The summed E-state index contributed by atoms with van der Waals surface area (Å²) in [4.78, 5) is 18.8. The zero-order chi connectivity index (χ0) is 15.5. The van der Waals surface area contributed by atoms with E-state index in [-0.39, 0.29) is 11.9 Å². The number of aryl methyl sites for hydroxylation is 1. The highest BCUT2D eigenvalue weighted by Gasteiger charge is 2.26. The van der Waals surface area contributed by atoms with E-state index in [1.807, 2.05) is 30.0 Å². The van der Waals surface area contributed by atoms with Gasteiger partial charge in [-0.25, -0.2) is 4.98 Å². The normalized spacial score (nSPS) is 22.1. The van der Waals surface area contributed by atoms with Crippen LogP contribution in [0.4, 0.5) is 0 Å². The minimum Gasteiger partial charge on any atom is -0.338 e. The van der Waals surface area contributed by atoms with Crippen LogP contribution in [0.5, 0.6) is 0 Å². The molecule has 2 aromatic rings. The fourth-order valence-electron chi connectivity index (χ4n) is 2.79. The number of nitrogens with zero attached hydrogens (tertiary/aromatic N) is 2. The van der Waals surface area contributed by atoms with Crippen molar-refractivity contribution in [3.8, 4) is 0 Å². The molecule has 0 unspecified atom stereocenters. The van der Waals surface area contributed by atoms with E-state index < -0.39 is 10.8 Å². The van der Waals surface area contributed by atoms with E-state index in [0.29, 0.717) is 24.5 Å². The lowest BCUT2D eigenvalue weighted by atomic mass is 10.2. The van der Waals surface area contributed by atoms with E-state index in [0.717, 1.165) is 23.4 Å². The van der Waals surface area contributed by atoms with Gasteiger partial charge in [-0.2, -0.15) is 0 Å². The van der Waals surface area contributed by atoms with Gasteiger partial charge in [0.05, 0.1) is 15.2 Å². The molecule has 0 aliphatic carbocycles. The highest BCUT2D eigenvalue weighted by molar-refractivity contribution is 7.85. The molecule has 0 radical (unpaired) electrons. The van der Waals surface area contributed by atoms with Crippen molar-refractivity contribution in [3.63, 3.8) is 0 Å². The van der Waals surface area contributed by atoms with Crippen LogP contribution in [-0.2, 0) is 22.0 Å². The summed E-state index contributed by atoms with van der Waals surface area (Å²) in [5.41, 5.74) is 1.04. The highest BCUT2D eigenvalue weighted by atomic mass is 32.2. The zero-order valence-corrected chi connectivity index (χ0v) is 14.3. The van der Waals surface area contributed by atoms with Crippen LogP contribution in [0.15, 0.2) is 24.3 Å². The van der Waals surface area contributed by atoms with Gasteiger partial charge in [0.15, 0.2) is 0 Å². The predicted octanol–water partition coefficient (Wildman–Crippen LogP) is 2.60. The summed E-state index contributed by atoms with van der Waals surface area (Å²) in [5, 5.41) is 1.10. The summed E-state index contributed by atoms with van der Waals surface area (Å²) >= 11 is 1.71. The van der Waals surface area contributed by atoms with Crippen LogP contribution < -0.4 is 0 Å². The topological polar surface area (TPSA) is 50.3 Å². The molecule has 0 N–H and O–H groups in total. The molecule has 3 rings (SSSR count). The molecule has 22 heavy (non-hydrogen) atoms. The quantitative estimate of drug-likeness (QED) is 0.862. The summed E-state index contributed by atoms with van der Waals surface area (Å²) in [6.45, 7) is 2.62. The van der Waals surface area contributed by atoms with Gasteiger partial charge < -0.3 is 4.90 Å². The summed E-state index contributed by atoms with van der Waals surface area (Å²) in [6.07, 6.45) is 2.22. The van der Waals surface area contributed by atoms with Gasteiger partial charge in [0.2, 0.25) is 5.91 Å². The largest absolute Gasteiger partial charge is 0.338 e. The first-order valence-electron chi connectivity index (χ1n) is 7.62. The summed E-state index contributed by atoms with van der Waals surface area (Å²) in [6, 6.07) is 8.23. The van der Waals surface area contributed by atoms with Gasteiger partial charge in [0.1, 0.15) is 0 Å². The van der Waals surface area contributed by atoms with Crippen molar-refractivity contribution in [2.24, 2.45) is 0 Å². The van der Waals surface area contributed by atoms with Gasteiger partial charge in [0, 0.05) is 41.3 Å². The number of fused-ring (bicyclic) bond motifs is 1. The average molecular weight is 336 g/mol. The third-order valence-corrected chi connectivity index (χ3v) is 6.55. The standard InChI is InChI=1S/C16H20N2O2S2/c1-12-11-22(20)10-9-18(12)16(19)8-4-7-15-17-13-5-2-3-6-14(13)21-15/h2-3,5-6,12H,4,7-11H2,1H3/t12-,22-/m0/s1. The SMILES string of the molecule is C[C@H]1C[S@@](=O)CCN1C(=O)CCCc1nc2ccccc2s1. The summed E-state index contributed by atoms with van der Waals surface area (Å²) in [7, 11) is -0.754. The average Bonchev–Trinajstić information content (AvgIpc) is 2.89. The first kappa shape index (κ1) is 15.6. The Morgan fingerprint density at radius 2 is 2.27 bits per heavy atom. The van der Waals surface area contributed by atoms with E-state index in [9.17, 15) is 9.00 Å². The van der Waals surface area contributed by atoms with Crippen molar-refractivity contribution in [2.45, 2.75) is 32.2 Å². The molecule has 1 aromatic carbocycles. The molecular weight excluding hydrogens is 316 g/mol. The van der Waals surface area contributed by atoms with E-state index in [2.05, 4.69) is 11.1 Å². The second-order valence-electron chi connectivity index (χ2n) is 5.68. The Morgan fingerprint density at radius 1 is 1.45 bits per heavy atom. The fourth-order valence-corrected chi connectivity index (χ4v) is 5.09. The minimum absolute atomic E-state index is 0.101. The van der Waals surface area contributed by atoms with E-state index in [1.54, 1.807) is 11.3 Å². The van der Waals surface area contributed by atoms with Crippen LogP contribution in [0.3, 0.4) is 0 Å². The maximum atomic E-state index is 12.3. The molecule has 0 saturated carbocycles. The van der Waals surface area contributed by atoms with Crippen molar-refractivity contribution in [1.82, 2.24) is 9.88 Å². The lowest BCUT2D eigenvalue weighted by Crippen LogP contribution is -2.48. The third kappa shape index (κ3) is 3.55. The number of hydrogen-bond acceptors (Lipinski definition) is 4. The Balaban J connectivity index is 1.52. The minimum atomic E-state index is -0.754. The number of para-hydroxylation sites is 1.